The topological polar surface area (TPSA) is 0 Å². The van der Waals surface area contributed by atoms with Gasteiger partial charge in [-0.05, 0) is 39.2 Å². The maximum Gasteiger partial charge on any atom is 0.242 e. The van der Waals surface area contributed by atoms with Crippen molar-refractivity contribution in [3.05, 3.63) is 60.2 Å². The Morgan fingerprint density at radius 2 is 1.44 bits per heavy atom. The average molecular weight is 242 g/mol. The number of alkyl halides is 2. The van der Waals surface area contributed by atoms with Crippen LogP contribution in [-0.4, -0.2) is 6.43 Å². The van der Waals surface area contributed by atoms with E-state index in [1.54, 1.807) is 6.07 Å². The van der Waals surface area contributed by atoms with Crippen molar-refractivity contribution in [1.82, 2.24) is 0 Å². The molecule has 0 spiro atoms. The summed E-state index contributed by atoms with van der Waals surface area (Å²) in [6.45, 7) is 0. The maximum atomic E-state index is 12.6. The second kappa shape index (κ2) is 4.37. The molecule has 0 aliphatic carbocycles. The standard InChI is InChI=1S/C16H12F2/c17-16(18)10-14-7-3-6-13-8-11-4-1-2-5-12(11)9-15(13)14/h1-9,16H,10H2. The van der Waals surface area contributed by atoms with E-state index in [1.165, 1.54) is 0 Å². The van der Waals surface area contributed by atoms with Gasteiger partial charge in [-0.15, -0.1) is 0 Å². The van der Waals surface area contributed by atoms with Crippen LogP contribution in [0.25, 0.3) is 21.5 Å². The van der Waals surface area contributed by atoms with Crippen molar-refractivity contribution in [3.63, 3.8) is 0 Å². The molecule has 2 heteroatoms. The van der Waals surface area contributed by atoms with E-state index in [1.807, 2.05) is 42.5 Å². The van der Waals surface area contributed by atoms with Crippen molar-refractivity contribution in [3.8, 4) is 0 Å². The Balaban J connectivity index is 2.29. The summed E-state index contributed by atoms with van der Waals surface area (Å²) in [4.78, 5) is 0. The van der Waals surface area contributed by atoms with Gasteiger partial charge in [-0.2, -0.15) is 0 Å². The molecular formula is C16H12F2. The molecule has 3 rings (SSSR count). The van der Waals surface area contributed by atoms with Crippen molar-refractivity contribution >= 4 is 21.5 Å². The third-order valence-electron chi connectivity index (χ3n) is 3.21. The molecule has 0 aromatic heterocycles. The number of hydrogen-bond acceptors (Lipinski definition) is 0. The molecule has 0 fully saturated rings. The fourth-order valence-electron chi connectivity index (χ4n) is 2.38. The second-order valence-electron chi connectivity index (χ2n) is 4.43. The average Bonchev–Trinajstić information content (AvgIpc) is 2.36. The summed E-state index contributed by atoms with van der Waals surface area (Å²) in [5.41, 5.74) is 0.716. The molecule has 0 heterocycles. The van der Waals surface area contributed by atoms with Crippen molar-refractivity contribution in [2.75, 3.05) is 0 Å². The smallest absolute Gasteiger partial charge is 0.210 e. The Kier molecular flexibility index (Phi) is 2.71. The lowest BCUT2D eigenvalue weighted by molar-refractivity contribution is 0.149. The monoisotopic (exact) mass is 242 g/mol. The summed E-state index contributed by atoms with van der Waals surface area (Å²) in [5, 5.41) is 4.18. The van der Waals surface area contributed by atoms with Crippen LogP contribution in [0, 0.1) is 0 Å². The zero-order valence-electron chi connectivity index (χ0n) is 9.74. The first-order valence-electron chi connectivity index (χ1n) is 5.92. The molecule has 3 aromatic rings. The van der Waals surface area contributed by atoms with E-state index in [2.05, 4.69) is 6.07 Å². The highest BCUT2D eigenvalue weighted by Crippen LogP contribution is 2.26. The summed E-state index contributed by atoms with van der Waals surface area (Å²) in [6, 6.07) is 17.6. The summed E-state index contributed by atoms with van der Waals surface area (Å²) < 4.78 is 25.1. The van der Waals surface area contributed by atoms with E-state index < -0.39 is 6.43 Å². The third-order valence-corrected chi connectivity index (χ3v) is 3.21. The summed E-state index contributed by atoms with van der Waals surface area (Å²) in [6.07, 6.45) is -2.49. The van der Waals surface area contributed by atoms with Gasteiger partial charge in [0.05, 0.1) is 0 Å². The Bertz CT molecular complexity index is 702. The van der Waals surface area contributed by atoms with Gasteiger partial charge in [0.25, 0.3) is 0 Å². The highest BCUT2D eigenvalue weighted by atomic mass is 19.3. The van der Waals surface area contributed by atoms with Crippen molar-refractivity contribution in [2.24, 2.45) is 0 Å². The summed E-state index contributed by atoms with van der Waals surface area (Å²) in [5.74, 6) is 0. The SMILES string of the molecule is FC(F)Cc1cccc2cc3ccccc3cc12. The molecule has 0 bridgehead atoms. The van der Waals surface area contributed by atoms with Crippen LogP contribution in [0.5, 0.6) is 0 Å². The van der Waals surface area contributed by atoms with Crippen LogP contribution in [0.15, 0.2) is 54.6 Å². The van der Waals surface area contributed by atoms with Gasteiger partial charge in [0.1, 0.15) is 0 Å². The molecule has 0 unspecified atom stereocenters. The molecule has 18 heavy (non-hydrogen) atoms. The van der Waals surface area contributed by atoms with Gasteiger partial charge in [0, 0.05) is 6.42 Å². The Hall–Kier alpha value is -1.96. The number of fused-ring (bicyclic) bond motifs is 2. The molecule has 0 aliphatic heterocycles. The number of benzene rings is 3. The molecule has 0 nitrogen and oxygen atoms in total. The van der Waals surface area contributed by atoms with Crippen LogP contribution >= 0.6 is 0 Å². The van der Waals surface area contributed by atoms with E-state index in [9.17, 15) is 8.78 Å². The normalized spacial score (nSPS) is 11.5. The third kappa shape index (κ3) is 1.94. The zero-order valence-corrected chi connectivity index (χ0v) is 9.74. The van der Waals surface area contributed by atoms with Gasteiger partial charge in [0.2, 0.25) is 6.43 Å². The summed E-state index contributed by atoms with van der Waals surface area (Å²) in [7, 11) is 0. The largest absolute Gasteiger partial charge is 0.242 e. The Labute approximate surface area is 104 Å². The number of halogens is 2. The van der Waals surface area contributed by atoms with Crippen molar-refractivity contribution < 1.29 is 8.78 Å². The van der Waals surface area contributed by atoms with Gasteiger partial charge >= 0.3 is 0 Å². The van der Waals surface area contributed by atoms with E-state index in [0.717, 1.165) is 21.5 Å². The summed E-state index contributed by atoms with van der Waals surface area (Å²) >= 11 is 0. The van der Waals surface area contributed by atoms with Crippen LogP contribution in [0.4, 0.5) is 8.78 Å². The van der Waals surface area contributed by atoms with Crippen LogP contribution in [0.3, 0.4) is 0 Å². The van der Waals surface area contributed by atoms with E-state index in [-0.39, 0.29) is 6.42 Å². The van der Waals surface area contributed by atoms with Gasteiger partial charge < -0.3 is 0 Å². The Morgan fingerprint density at radius 1 is 0.778 bits per heavy atom. The maximum absolute atomic E-state index is 12.6. The molecule has 0 saturated heterocycles. The van der Waals surface area contributed by atoms with Crippen molar-refractivity contribution in [1.29, 1.82) is 0 Å². The van der Waals surface area contributed by atoms with Crippen LogP contribution < -0.4 is 0 Å². The highest BCUT2D eigenvalue weighted by Gasteiger charge is 2.08. The van der Waals surface area contributed by atoms with Crippen LogP contribution in [-0.2, 0) is 6.42 Å². The second-order valence-corrected chi connectivity index (χ2v) is 4.43. The molecule has 0 N–H and O–H groups in total. The fraction of sp³-hybridized carbons (Fsp3) is 0.125. The fourth-order valence-corrected chi connectivity index (χ4v) is 2.38. The predicted octanol–water partition coefficient (Wildman–Crippen LogP) is 4.80. The van der Waals surface area contributed by atoms with Crippen molar-refractivity contribution in [2.45, 2.75) is 12.8 Å². The lowest BCUT2D eigenvalue weighted by Crippen LogP contribution is -1.97. The minimum atomic E-state index is -2.30. The first-order chi connectivity index (χ1) is 8.74. The molecule has 3 aromatic carbocycles. The predicted molar refractivity (Wildman–Crippen MR) is 71.2 cm³/mol. The van der Waals surface area contributed by atoms with Crippen LogP contribution in [0.1, 0.15) is 5.56 Å². The first kappa shape index (κ1) is 11.1. The quantitative estimate of drug-likeness (QED) is 0.566. The Morgan fingerprint density at radius 3 is 2.17 bits per heavy atom. The van der Waals surface area contributed by atoms with E-state index in [4.69, 9.17) is 0 Å². The minimum absolute atomic E-state index is 0.185. The lowest BCUT2D eigenvalue weighted by atomic mass is 9.98. The number of hydrogen-bond donors (Lipinski definition) is 0. The van der Waals surface area contributed by atoms with Gasteiger partial charge in [-0.25, -0.2) is 8.78 Å². The highest BCUT2D eigenvalue weighted by molar-refractivity contribution is 5.99. The van der Waals surface area contributed by atoms with Gasteiger partial charge in [-0.3, -0.25) is 0 Å². The van der Waals surface area contributed by atoms with Gasteiger partial charge in [0.15, 0.2) is 0 Å². The van der Waals surface area contributed by atoms with E-state index in [0.29, 0.717) is 5.56 Å². The van der Waals surface area contributed by atoms with Crippen LogP contribution in [0.2, 0.25) is 0 Å². The van der Waals surface area contributed by atoms with Gasteiger partial charge in [-0.1, -0.05) is 42.5 Å². The molecule has 0 radical (unpaired) electrons. The lowest BCUT2D eigenvalue weighted by Gasteiger charge is -2.08. The molecule has 0 aliphatic rings. The first-order valence-corrected chi connectivity index (χ1v) is 5.92. The number of rotatable bonds is 2. The molecule has 0 atom stereocenters. The molecule has 90 valence electrons. The molecule has 0 amide bonds. The minimum Gasteiger partial charge on any atom is -0.210 e. The van der Waals surface area contributed by atoms with E-state index >= 15 is 0 Å². The molecular weight excluding hydrogens is 230 g/mol. The zero-order chi connectivity index (χ0) is 12.5. The molecule has 0 saturated carbocycles.